The Bertz CT molecular complexity index is 675. The molecule has 0 saturated carbocycles. The van der Waals surface area contributed by atoms with E-state index in [9.17, 15) is 8.42 Å². The van der Waals surface area contributed by atoms with Crippen LogP contribution in [0.1, 0.15) is 24.6 Å². The van der Waals surface area contributed by atoms with Crippen molar-refractivity contribution in [3.63, 3.8) is 0 Å². The predicted molar refractivity (Wildman–Crippen MR) is 82.5 cm³/mol. The number of hydrogen-bond acceptors (Lipinski definition) is 4. The number of aromatic nitrogens is 1. The van der Waals surface area contributed by atoms with E-state index < -0.39 is 10.0 Å². The zero-order valence-corrected chi connectivity index (χ0v) is 13.1. The maximum atomic E-state index is 11.5. The molecule has 0 spiro atoms. The highest BCUT2D eigenvalue weighted by Gasteiger charge is 2.10. The molecule has 1 aromatic heterocycles. The molecule has 0 amide bonds. The van der Waals surface area contributed by atoms with E-state index in [1.807, 2.05) is 38.1 Å². The molecule has 1 heterocycles. The molecule has 1 N–H and O–H groups in total. The first-order chi connectivity index (χ1) is 10.00. The molecule has 0 aliphatic heterocycles. The van der Waals surface area contributed by atoms with Crippen LogP contribution in [0, 0.1) is 6.92 Å². The molecule has 0 unspecified atom stereocenters. The van der Waals surface area contributed by atoms with Crippen molar-refractivity contribution in [2.24, 2.45) is 0 Å². The highest BCUT2D eigenvalue weighted by molar-refractivity contribution is 7.89. The Morgan fingerprint density at radius 1 is 1.24 bits per heavy atom. The third kappa shape index (κ3) is 4.68. The normalized spacial score (nSPS) is 11.7. The van der Waals surface area contributed by atoms with E-state index in [1.165, 1.54) is 5.56 Å². The van der Waals surface area contributed by atoms with E-state index in [4.69, 9.17) is 4.42 Å². The van der Waals surface area contributed by atoms with Gasteiger partial charge in [0.15, 0.2) is 0 Å². The predicted octanol–water partition coefficient (Wildman–Crippen LogP) is 2.52. The molecule has 1 aromatic carbocycles. The van der Waals surface area contributed by atoms with Crippen molar-refractivity contribution in [3.8, 4) is 11.5 Å². The van der Waals surface area contributed by atoms with Crippen molar-refractivity contribution in [2.75, 3.05) is 12.3 Å². The number of nitrogens with one attached hydrogen (secondary N) is 1. The highest BCUT2D eigenvalue weighted by Crippen LogP contribution is 2.19. The van der Waals surface area contributed by atoms with Gasteiger partial charge in [0.25, 0.3) is 0 Å². The smallest absolute Gasteiger partial charge is 0.226 e. The van der Waals surface area contributed by atoms with E-state index in [0.717, 1.165) is 11.3 Å². The number of aryl methyl sites for hydroxylation is 1. The summed E-state index contributed by atoms with van der Waals surface area (Å²) in [5.41, 5.74) is 2.83. The Hall–Kier alpha value is -1.66. The third-order valence-corrected chi connectivity index (χ3v) is 4.62. The van der Waals surface area contributed by atoms with Gasteiger partial charge in [-0.3, -0.25) is 0 Å². The summed E-state index contributed by atoms with van der Waals surface area (Å²) in [4.78, 5) is 4.37. The second-order valence-electron chi connectivity index (χ2n) is 4.97. The van der Waals surface area contributed by atoms with Gasteiger partial charge in [-0.1, -0.05) is 24.6 Å². The highest BCUT2D eigenvalue weighted by atomic mass is 32.2. The summed E-state index contributed by atoms with van der Waals surface area (Å²) in [5, 5.41) is 0. The molecule has 21 heavy (non-hydrogen) atoms. The Morgan fingerprint density at radius 3 is 2.62 bits per heavy atom. The molecule has 0 fully saturated rings. The van der Waals surface area contributed by atoms with E-state index in [1.54, 1.807) is 6.26 Å². The minimum Gasteiger partial charge on any atom is -0.444 e. The maximum Gasteiger partial charge on any atom is 0.226 e. The molecular weight excluding hydrogens is 288 g/mol. The monoisotopic (exact) mass is 308 g/mol. The van der Waals surface area contributed by atoms with Crippen LogP contribution in [0.5, 0.6) is 0 Å². The van der Waals surface area contributed by atoms with Gasteiger partial charge in [0.2, 0.25) is 15.9 Å². The van der Waals surface area contributed by atoms with Gasteiger partial charge < -0.3 is 4.42 Å². The fourth-order valence-corrected chi connectivity index (χ4v) is 3.02. The van der Waals surface area contributed by atoms with Crippen molar-refractivity contribution in [3.05, 3.63) is 41.8 Å². The Kier molecular flexibility index (Phi) is 5.14. The van der Waals surface area contributed by atoms with Crippen molar-refractivity contribution in [2.45, 2.75) is 26.7 Å². The Morgan fingerprint density at radius 2 is 1.95 bits per heavy atom. The van der Waals surface area contributed by atoms with Crippen LogP contribution in [0.2, 0.25) is 0 Å². The standard InChI is InChI=1S/C15H20N2O3S/c1-3-10-21(18,19)16-9-8-14-11-20-15(17-14)13-6-4-12(2)5-7-13/h4-7,11,16H,3,8-10H2,1-2H3. The average Bonchev–Trinajstić information content (AvgIpc) is 2.88. The molecule has 5 nitrogen and oxygen atoms in total. The lowest BCUT2D eigenvalue weighted by Crippen LogP contribution is -2.28. The SMILES string of the molecule is CCCS(=O)(=O)NCCc1coc(-c2ccc(C)cc2)n1. The van der Waals surface area contributed by atoms with Crippen LogP contribution < -0.4 is 4.72 Å². The first-order valence-corrected chi connectivity index (χ1v) is 8.64. The number of nitrogens with zero attached hydrogens (tertiary/aromatic N) is 1. The van der Waals surface area contributed by atoms with Crippen LogP contribution in [-0.4, -0.2) is 25.7 Å². The lowest BCUT2D eigenvalue weighted by atomic mass is 10.1. The molecule has 0 bridgehead atoms. The Labute approximate surface area is 125 Å². The van der Waals surface area contributed by atoms with Gasteiger partial charge in [0.05, 0.1) is 11.4 Å². The molecule has 0 radical (unpaired) electrons. The Balaban J connectivity index is 1.93. The summed E-state index contributed by atoms with van der Waals surface area (Å²) in [5.74, 6) is 0.710. The average molecular weight is 308 g/mol. The summed E-state index contributed by atoms with van der Waals surface area (Å²) in [6.07, 6.45) is 2.69. The van der Waals surface area contributed by atoms with E-state index in [2.05, 4.69) is 9.71 Å². The van der Waals surface area contributed by atoms with Crippen LogP contribution >= 0.6 is 0 Å². The lowest BCUT2D eigenvalue weighted by molar-refractivity contribution is 0.570. The van der Waals surface area contributed by atoms with Gasteiger partial charge in [-0.25, -0.2) is 18.1 Å². The summed E-state index contributed by atoms with van der Waals surface area (Å²) >= 11 is 0. The number of rotatable bonds is 7. The number of benzene rings is 1. The third-order valence-electron chi connectivity index (χ3n) is 3.03. The van der Waals surface area contributed by atoms with Crippen LogP contribution in [0.4, 0.5) is 0 Å². The zero-order chi connectivity index (χ0) is 15.3. The fourth-order valence-electron chi connectivity index (χ4n) is 1.93. The van der Waals surface area contributed by atoms with Crippen molar-refractivity contribution < 1.29 is 12.8 Å². The number of oxazole rings is 1. The minimum absolute atomic E-state index is 0.153. The fraction of sp³-hybridized carbons (Fsp3) is 0.400. The first-order valence-electron chi connectivity index (χ1n) is 6.99. The topological polar surface area (TPSA) is 72.2 Å². The van der Waals surface area contributed by atoms with Gasteiger partial charge in [-0.05, 0) is 25.5 Å². The molecule has 0 aliphatic carbocycles. The quantitative estimate of drug-likeness (QED) is 0.853. The van der Waals surface area contributed by atoms with Gasteiger partial charge in [0, 0.05) is 18.5 Å². The molecular formula is C15H20N2O3S. The van der Waals surface area contributed by atoms with E-state index in [0.29, 0.717) is 25.3 Å². The summed E-state index contributed by atoms with van der Waals surface area (Å²) in [6.45, 7) is 4.19. The van der Waals surface area contributed by atoms with Gasteiger partial charge >= 0.3 is 0 Å². The molecule has 2 rings (SSSR count). The molecule has 114 valence electrons. The summed E-state index contributed by atoms with van der Waals surface area (Å²) in [6, 6.07) is 7.90. The van der Waals surface area contributed by atoms with Gasteiger partial charge in [0.1, 0.15) is 6.26 Å². The molecule has 0 aliphatic rings. The van der Waals surface area contributed by atoms with E-state index in [-0.39, 0.29) is 5.75 Å². The van der Waals surface area contributed by atoms with Crippen LogP contribution in [-0.2, 0) is 16.4 Å². The maximum absolute atomic E-state index is 11.5. The van der Waals surface area contributed by atoms with Gasteiger partial charge in [-0.2, -0.15) is 0 Å². The second kappa shape index (κ2) is 6.87. The molecule has 6 heteroatoms. The van der Waals surface area contributed by atoms with Crippen LogP contribution in [0.3, 0.4) is 0 Å². The van der Waals surface area contributed by atoms with Crippen LogP contribution in [0.25, 0.3) is 11.5 Å². The van der Waals surface area contributed by atoms with Gasteiger partial charge in [-0.15, -0.1) is 0 Å². The lowest BCUT2D eigenvalue weighted by Gasteiger charge is -2.03. The number of hydrogen-bond donors (Lipinski definition) is 1. The molecule has 2 aromatic rings. The van der Waals surface area contributed by atoms with Crippen molar-refractivity contribution in [1.82, 2.24) is 9.71 Å². The van der Waals surface area contributed by atoms with E-state index >= 15 is 0 Å². The summed E-state index contributed by atoms with van der Waals surface area (Å²) in [7, 11) is -3.16. The van der Waals surface area contributed by atoms with Crippen molar-refractivity contribution >= 4 is 10.0 Å². The largest absolute Gasteiger partial charge is 0.444 e. The summed E-state index contributed by atoms with van der Waals surface area (Å²) < 4.78 is 31.0. The van der Waals surface area contributed by atoms with Crippen LogP contribution in [0.15, 0.2) is 34.9 Å². The molecule has 0 atom stereocenters. The first kappa shape index (κ1) is 15.7. The molecule has 0 saturated heterocycles. The second-order valence-corrected chi connectivity index (χ2v) is 6.90. The van der Waals surface area contributed by atoms with Crippen molar-refractivity contribution in [1.29, 1.82) is 0 Å². The zero-order valence-electron chi connectivity index (χ0n) is 12.3. The minimum atomic E-state index is -3.16. The number of sulfonamides is 1.